The Hall–Kier alpha value is -2.60. The Bertz CT molecular complexity index is 959. The van der Waals surface area contributed by atoms with Gasteiger partial charge in [0.05, 0.1) is 11.0 Å². The van der Waals surface area contributed by atoms with E-state index in [4.69, 9.17) is 11.6 Å². The van der Waals surface area contributed by atoms with Crippen LogP contribution < -0.4 is 5.56 Å². The van der Waals surface area contributed by atoms with Gasteiger partial charge in [0.1, 0.15) is 5.02 Å². The minimum atomic E-state index is -0.474. The average molecular weight is 400 g/mol. The molecule has 146 valence electrons. The van der Waals surface area contributed by atoms with Gasteiger partial charge < -0.3 is 14.8 Å². The highest BCUT2D eigenvalue weighted by atomic mass is 35.5. The Labute approximate surface area is 168 Å². The molecule has 2 aliphatic rings. The van der Waals surface area contributed by atoms with Crippen molar-refractivity contribution in [3.63, 3.8) is 0 Å². The third-order valence-corrected chi connectivity index (χ3v) is 6.14. The van der Waals surface area contributed by atoms with Crippen molar-refractivity contribution >= 4 is 23.4 Å². The molecule has 0 saturated carbocycles. The number of hydrogen-bond donors (Lipinski definition) is 1. The minimum Gasteiger partial charge on any atom is -0.342 e. The quantitative estimate of drug-likeness (QED) is 0.857. The van der Waals surface area contributed by atoms with E-state index in [-0.39, 0.29) is 16.8 Å². The maximum Gasteiger partial charge on any atom is 0.266 e. The van der Waals surface area contributed by atoms with Crippen molar-refractivity contribution in [3.05, 3.63) is 69.1 Å². The van der Waals surface area contributed by atoms with Crippen LogP contribution in [0.4, 0.5) is 0 Å². The van der Waals surface area contributed by atoms with Crippen LogP contribution in [0.5, 0.6) is 0 Å². The lowest BCUT2D eigenvalue weighted by Crippen LogP contribution is -2.39. The van der Waals surface area contributed by atoms with Gasteiger partial charge in [-0.05, 0) is 30.9 Å². The molecule has 0 bridgehead atoms. The van der Waals surface area contributed by atoms with Gasteiger partial charge in [0.15, 0.2) is 0 Å². The number of carbonyl (C=O) groups is 2. The van der Waals surface area contributed by atoms with Gasteiger partial charge in [-0.2, -0.15) is 0 Å². The molecule has 6 nitrogen and oxygen atoms in total. The molecule has 2 fully saturated rings. The molecule has 1 unspecified atom stereocenters. The van der Waals surface area contributed by atoms with Crippen LogP contribution in [0.1, 0.15) is 28.8 Å². The average Bonchev–Trinajstić information content (AvgIpc) is 3.28. The zero-order valence-electron chi connectivity index (χ0n) is 15.5. The van der Waals surface area contributed by atoms with Crippen molar-refractivity contribution in [2.75, 3.05) is 26.2 Å². The second-order valence-electron chi connectivity index (χ2n) is 7.60. The molecule has 1 atom stereocenters. The minimum absolute atomic E-state index is 0.0104. The van der Waals surface area contributed by atoms with E-state index in [0.29, 0.717) is 31.6 Å². The molecular weight excluding hydrogens is 378 g/mol. The predicted octanol–water partition coefficient (Wildman–Crippen LogP) is 2.34. The summed E-state index contributed by atoms with van der Waals surface area (Å²) in [5.74, 6) is -0.0520. The Kier molecular flexibility index (Phi) is 4.98. The molecule has 28 heavy (non-hydrogen) atoms. The number of likely N-dealkylation sites (tertiary alicyclic amines) is 2. The maximum atomic E-state index is 13.1. The largest absolute Gasteiger partial charge is 0.342 e. The van der Waals surface area contributed by atoms with Crippen LogP contribution in [-0.4, -0.2) is 52.8 Å². The van der Waals surface area contributed by atoms with Crippen LogP contribution in [0.15, 0.2) is 47.4 Å². The molecule has 1 aromatic carbocycles. The Morgan fingerprint density at radius 3 is 2.64 bits per heavy atom. The number of pyridine rings is 1. The molecule has 2 amide bonds. The second-order valence-corrected chi connectivity index (χ2v) is 8.01. The normalized spacial score (nSPS) is 21.7. The van der Waals surface area contributed by atoms with Gasteiger partial charge in [0.25, 0.3) is 11.5 Å². The molecule has 2 aliphatic heterocycles. The summed E-state index contributed by atoms with van der Waals surface area (Å²) in [5.41, 5.74) is 0.664. The third kappa shape index (κ3) is 3.44. The van der Waals surface area contributed by atoms with Gasteiger partial charge >= 0.3 is 0 Å². The van der Waals surface area contributed by atoms with E-state index >= 15 is 0 Å². The summed E-state index contributed by atoms with van der Waals surface area (Å²) >= 11 is 5.84. The number of halogens is 1. The zero-order chi connectivity index (χ0) is 19.7. The predicted molar refractivity (Wildman–Crippen MR) is 106 cm³/mol. The standard InChI is InChI=1S/C21H22ClN3O3/c22-17-12-16(13-23-18(17)26)19(27)25-11-8-21(14-25)7-10-24(20(21)28)9-6-15-4-2-1-3-5-15/h1-5,12-13H,6-11,14H2,(H,23,26). The van der Waals surface area contributed by atoms with Crippen LogP contribution in [0.25, 0.3) is 0 Å². The summed E-state index contributed by atoms with van der Waals surface area (Å²) in [6, 6.07) is 11.5. The number of rotatable bonds is 4. The van der Waals surface area contributed by atoms with Crippen molar-refractivity contribution < 1.29 is 9.59 Å². The van der Waals surface area contributed by atoms with Crippen molar-refractivity contribution in [2.24, 2.45) is 5.41 Å². The van der Waals surface area contributed by atoms with Crippen LogP contribution in [0, 0.1) is 5.41 Å². The number of carbonyl (C=O) groups excluding carboxylic acids is 2. The van der Waals surface area contributed by atoms with E-state index in [1.165, 1.54) is 17.8 Å². The molecule has 1 spiro atoms. The summed E-state index contributed by atoms with van der Waals surface area (Å²) in [5, 5.41) is -0.0104. The van der Waals surface area contributed by atoms with Gasteiger partial charge in [-0.3, -0.25) is 14.4 Å². The van der Waals surface area contributed by atoms with Gasteiger partial charge in [0.2, 0.25) is 5.91 Å². The number of benzene rings is 1. The maximum absolute atomic E-state index is 13.1. The van der Waals surface area contributed by atoms with Gasteiger partial charge in [-0.1, -0.05) is 41.9 Å². The van der Waals surface area contributed by atoms with Crippen molar-refractivity contribution in [1.82, 2.24) is 14.8 Å². The second kappa shape index (κ2) is 7.43. The van der Waals surface area contributed by atoms with Gasteiger partial charge in [-0.15, -0.1) is 0 Å². The van der Waals surface area contributed by atoms with E-state index in [9.17, 15) is 14.4 Å². The topological polar surface area (TPSA) is 73.5 Å². The van der Waals surface area contributed by atoms with Gasteiger partial charge in [0, 0.05) is 32.4 Å². The number of hydrogen-bond acceptors (Lipinski definition) is 3. The molecule has 0 aliphatic carbocycles. The summed E-state index contributed by atoms with van der Waals surface area (Å²) in [6.07, 6.45) is 3.67. The fourth-order valence-corrected chi connectivity index (χ4v) is 4.37. The fourth-order valence-electron chi connectivity index (χ4n) is 4.20. The monoisotopic (exact) mass is 399 g/mol. The van der Waals surface area contributed by atoms with Crippen molar-refractivity contribution in [1.29, 1.82) is 0 Å². The van der Waals surface area contributed by atoms with Crippen LogP contribution in [0.3, 0.4) is 0 Å². The number of aromatic nitrogens is 1. The molecule has 7 heteroatoms. The number of amides is 2. The molecule has 3 heterocycles. The van der Waals surface area contributed by atoms with E-state index in [1.54, 1.807) is 4.90 Å². The highest BCUT2D eigenvalue weighted by molar-refractivity contribution is 6.30. The first-order chi connectivity index (χ1) is 13.5. The number of aromatic amines is 1. The van der Waals surface area contributed by atoms with E-state index in [0.717, 1.165) is 19.4 Å². The van der Waals surface area contributed by atoms with E-state index in [2.05, 4.69) is 17.1 Å². The third-order valence-electron chi connectivity index (χ3n) is 5.86. The zero-order valence-corrected chi connectivity index (χ0v) is 16.2. The number of nitrogens with one attached hydrogen (secondary N) is 1. The Morgan fingerprint density at radius 1 is 1.14 bits per heavy atom. The van der Waals surface area contributed by atoms with Crippen LogP contribution in [0.2, 0.25) is 5.02 Å². The highest BCUT2D eigenvalue weighted by Crippen LogP contribution is 2.41. The highest BCUT2D eigenvalue weighted by Gasteiger charge is 2.51. The molecule has 1 aromatic heterocycles. The summed E-state index contributed by atoms with van der Waals surface area (Å²) in [4.78, 5) is 43.3. The molecule has 4 rings (SSSR count). The number of nitrogens with zero attached hydrogens (tertiary/aromatic N) is 2. The van der Waals surface area contributed by atoms with Gasteiger partial charge in [-0.25, -0.2) is 0 Å². The molecule has 1 N–H and O–H groups in total. The Balaban J connectivity index is 1.41. The summed E-state index contributed by atoms with van der Waals surface area (Å²) < 4.78 is 0. The van der Waals surface area contributed by atoms with E-state index in [1.807, 2.05) is 23.1 Å². The molecule has 0 radical (unpaired) electrons. The van der Waals surface area contributed by atoms with Crippen molar-refractivity contribution in [3.8, 4) is 0 Å². The first-order valence-corrected chi connectivity index (χ1v) is 9.87. The molecule has 2 saturated heterocycles. The lowest BCUT2D eigenvalue weighted by Gasteiger charge is -2.24. The van der Waals surface area contributed by atoms with Crippen LogP contribution >= 0.6 is 11.6 Å². The SMILES string of the molecule is O=C(c1c[nH]c(=O)c(Cl)c1)N1CCC2(CCN(CCc3ccccc3)C2=O)C1. The summed E-state index contributed by atoms with van der Waals surface area (Å²) in [6.45, 7) is 2.39. The first-order valence-electron chi connectivity index (χ1n) is 9.49. The molecular formula is C21H22ClN3O3. The first kappa shape index (κ1) is 18.7. The fraction of sp³-hybridized carbons (Fsp3) is 0.381. The Morgan fingerprint density at radius 2 is 1.89 bits per heavy atom. The lowest BCUT2D eigenvalue weighted by atomic mass is 9.85. The van der Waals surface area contributed by atoms with E-state index < -0.39 is 11.0 Å². The number of H-pyrrole nitrogens is 1. The molecule has 2 aromatic rings. The van der Waals surface area contributed by atoms with Crippen LogP contribution in [-0.2, 0) is 11.2 Å². The summed E-state index contributed by atoms with van der Waals surface area (Å²) in [7, 11) is 0. The smallest absolute Gasteiger partial charge is 0.266 e. The lowest BCUT2D eigenvalue weighted by molar-refractivity contribution is -0.135. The van der Waals surface area contributed by atoms with Crippen molar-refractivity contribution in [2.45, 2.75) is 19.3 Å².